The highest BCUT2D eigenvalue weighted by molar-refractivity contribution is 5.89. The summed E-state index contributed by atoms with van der Waals surface area (Å²) in [5, 5.41) is -0.137. The van der Waals surface area contributed by atoms with Crippen molar-refractivity contribution in [3.63, 3.8) is 0 Å². The molecule has 3 saturated heterocycles. The van der Waals surface area contributed by atoms with Crippen molar-refractivity contribution in [2.24, 2.45) is 17.7 Å². The minimum absolute atomic E-state index is 0.0164. The Labute approximate surface area is 459 Å². The van der Waals surface area contributed by atoms with E-state index in [2.05, 4.69) is 59.4 Å². The third-order valence-corrected chi connectivity index (χ3v) is 9.38. The van der Waals surface area contributed by atoms with Gasteiger partial charge in [-0.3, -0.25) is 14.4 Å². The average Bonchev–Trinajstić information content (AvgIpc) is 0.668. The Hall–Kier alpha value is -7.86. The number of hydrogen-bond acceptors (Lipinski definition) is 12. The normalized spacial score (nSPS) is 40.0. The van der Waals surface area contributed by atoms with E-state index in [4.69, 9.17) is 75.9 Å². The van der Waals surface area contributed by atoms with Crippen LogP contribution in [0, 0.1) is 37.4 Å². The van der Waals surface area contributed by atoms with Gasteiger partial charge in [0, 0.05) is 113 Å². The Kier molecular flexibility index (Phi) is 6.11. The predicted molar refractivity (Wildman–Crippen MR) is 264 cm³/mol. The Bertz CT molecular complexity index is 4720. The fourth-order valence-electron chi connectivity index (χ4n) is 6.12. The van der Waals surface area contributed by atoms with E-state index >= 15 is 0 Å². The van der Waals surface area contributed by atoms with E-state index < -0.39 is 205 Å². The van der Waals surface area contributed by atoms with Crippen LogP contribution in [-0.2, 0) is 14.4 Å². The number of piperidine rings is 3. The number of nitrogens with zero attached hydrogens (tertiary/aromatic N) is 15. The number of carbonyl (C=O) groups is 3. The molecule has 0 unspecified atom stereocenters. The lowest BCUT2D eigenvalue weighted by Gasteiger charge is -2.41. The van der Waals surface area contributed by atoms with Crippen molar-refractivity contribution in [2.45, 2.75) is 57.8 Å². The number of aromatic nitrogens is 9. The molecule has 3 fully saturated rings. The largest absolute Gasteiger partial charge is 0.354 e. The zero-order valence-corrected chi connectivity index (χ0v) is 35.2. The molecule has 21 heteroatoms. The van der Waals surface area contributed by atoms with Gasteiger partial charge in [0.1, 0.15) is 65.6 Å². The molecule has 0 bridgehead atoms. The molecule has 9 heterocycles. The van der Waals surface area contributed by atoms with Crippen LogP contribution in [0.5, 0.6) is 0 Å². The first-order valence-corrected chi connectivity index (χ1v) is 19.1. The smallest absolute Gasteiger partial charge is 0.302 e. The van der Waals surface area contributed by atoms with Crippen molar-refractivity contribution >= 4 is 68.3 Å². The molecule has 6 atom stereocenters. The molecule has 0 radical (unpaired) electrons. The van der Waals surface area contributed by atoms with E-state index in [0.717, 1.165) is 14.0 Å². The summed E-state index contributed by atoms with van der Waals surface area (Å²) in [7, 11) is 0.844. The van der Waals surface area contributed by atoms with Gasteiger partial charge >= 0.3 is 17.7 Å². The molecule has 69 heavy (non-hydrogen) atoms. The minimum atomic E-state index is -4.09. The summed E-state index contributed by atoms with van der Waals surface area (Å²) in [5.74, 6) is -16.8. The Balaban J connectivity index is 0.000000230. The van der Waals surface area contributed by atoms with Gasteiger partial charge in [0.2, 0.25) is 0 Å². The van der Waals surface area contributed by atoms with Gasteiger partial charge in [-0.25, -0.2) is 49.6 Å². The molecule has 9 rings (SSSR count). The molecule has 3 aliphatic heterocycles. The van der Waals surface area contributed by atoms with E-state index in [1.54, 1.807) is 0 Å². The number of anilines is 3. The fourth-order valence-corrected chi connectivity index (χ4v) is 6.12. The fraction of sp³-hybridized carbons (Fsp3) is 0.500. The molecule has 3 amide bonds. The maximum atomic E-state index is 13.0. The van der Waals surface area contributed by atoms with E-state index in [0.29, 0.717) is 9.80 Å². The highest BCUT2D eigenvalue weighted by Gasteiger charge is 2.36. The molecule has 6 aromatic rings. The van der Waals surface area contributed by atoms with E-state index in [9.17, 15) is 14.4 Å². The topological polar surface area (TPSA) is 208 Å². The van der Waals surface area contributed by atoms with Crippen molar-refractivity contribution in [3.05, 3.63) is 90.0 Å². The Morgan fingerprint density at radius 2 is 1.07 bits per heavy atom. The monoisotopic (exact) mass is 978 g/mol. The first-order valence-electron chi connectivity index (χ1n) is 39.6. The molecule has 0 spiro atoms. The summed E-state index contributed by atoms with van der Waals surface area (Å²) in [4.78, 5) is 76.1. The SMILES string of the molecule is [2H]c1nc(N(C)[C@@]2([2H])C([2H])([2H])N(C(=O)C([2H])([2H])[N+]#[C-])C([2H])([2H])C([2H])([2H])[C@@]2([2H])C([2H])([2H])[2H])c2cc[nH]c2n1.[2H]c1nc(N([C@@H]2[C@H](C([2H])([2H])[2H])C([2H])([2H])C([2H])([2H])N(C(=O)C([2H])([2H])[N+]#[C-])C2([2H])[2H])C([2H])([2H])[2H])c2cc[nH]c2n1.[2H]c1nc(N([C@@H]2[C@H](C)C([2H])([2H])C([2H])([2H])N(C(=O)C([2H])([2H])[N+]#[C-])C2([2H])[2H])C([2H])([2H])[2H])c2cc[nH]c2n1. The molecule has 0 aromatic carbocycles. The molecule has 360 valence electrons. The van der Waals surface area contributed by atoms with Gasteiger partial charge in [-0.1, -0.05) is 20.6 Å². The molecular weight excluding hydrogens is 877 g/mol. The van der Waals surface area contributed by atoms with Gasteiger partial charge in [0.25, 0.3) is 19.5 Å². The molecule has 6 aromatic heterocycles. The summed E-state index contributed by atoms with van der Waals surface area (Å²) in [6.07, 6.45) is -9.17. The van der Waals surface area contributed by atoms with Crippen molar-refractivity contribution in [2.75, 3.05) is 94.2 Å². The van der Waals surface area contributed by atoms with Gasteiger partial charge in [-0.2, -0.15) is 0 Å². The van der Waals surface area contributed by atoms with Gasteiger partial charge < -0.3 is 58.9 Å². The van der Waals surface area contributed by atoms with Crippen LogP contribution >= 0.6 is 0 Å². The van der Waals surface area contributed by atoms with Crippen LogP contribution in [-0.4, -0.2) is 175 Å². The molecule has 21 nitrogen and oxygen atoms in total. The molecule has 3 N–H and O–H groups in total. The Morgan fingerprint density at radius 1 is 0.667 bits per heavy atom. The zero-order chi connectivity index (χ0) is 85.2. The first-order chi connectivity index (χ1) is 49.1. The van der Waals surface area contributed by atoms with E-state index in [-0.39, 0.29) is 42.9 Å². The number of likely N-dealkylation sites (N-methyl/N-ethyl adjacent to an activating group) is 3. The van der Waals surface area contributed by atoms with Crippen LogP contribution in [0.2, 0.25) is 0 Å². The van der Waals surface area contributed by atoms with Gasteiger partial charge in [0.15, 0.2) is 0 Å². The maximum absolute atomic E-state index is 13.0. The summed E-state index contributed by atoms with van der Waals surface area (Å²) in [5.41, 5.74) is -0.123. The standard InChI is InChI=1S/3C16H20N6O/c3*1-11-5-7-22(14(23)8-17-2)9-13(11)21(3)16-12-4-6-18-15(12)19-10-20-16/h3*4,6,10-11,13H,5,7-9H2,1,3H3,(H,18,19,20)/t3*11-,13+/m111/s1/i1D3,5D2,7D2,8D2,9D2,10D,11D,13D;1D3,3D3,5D2,7D2,8D2,9D2,10D;3D3,5D2,7D2,8D2,9D2,10D. The number of fused-ring (bicyclic) bond motifs is 3. The lowest BCUT2D eigenvalue weighted by atomic mass is 9.92. The van der Waals surface area contributed by atoms with E-state index in [1.807, 2.05) is 0 Å². The van der Waals surface area contributed by atoms with Gasteiger partial charge in [-0.05, 0) is 55.0 Å². The highest BCUT2D eigenvalue weighted by Crippen LogP contribution is 2.31. The number of rotatable bonds is 9. The lowest BCUT2D eigenvalue weighted by molar-refractivity contribution is -0.131. The van der Waals surface area contributed by atoms with Crippen LogP contribution in [0.1, 0.15) is 95.9 Å². The molecule has 3 aliphatic rings. The molecular formula is C48H60N18O3. The third kappa shape index (κ3) is 11.0. The Morgan fingerprint density at radius 3 is 1.49 bits per heavy atom. The number of likely N-dealkylation sites (tertiary alicyclic amines) is 3. The summed E-state index contributed by atoms with van der Waals surface area (Å²) < 4.78 is 336. The first kappa shape index (κ1) is 18.9. The number of aromatic amines is 3. The quantitative estimate of drug-likeness (QED) is 0.169. The van der Waals surface area contributed by atoms with Crippen molar-refractivity contribution in [1.29, 1.82) is 0 Å². The maximum Gasteiger partial charge on any atom is 0.302 e. The van der Waals surface area contributed by atoms with Gasteiger partial charge in [0.05, 0.1) is 43.9 Å². The molecule has 0 saturated carbocycles. The van der Waals surface area contributed by atoms with Crippen LogP contribution in [0.15, 0.2) is 55.7 Å². The number of carbonyl (C=O) groups excluding carboxylic acids is 3. The summed E-state index contributed by atoms with van der Waals surface area (Å²) in [6.45, 7) is -25.8. The molecule has 0 aliphatic carbocycles. The minimum Gasteiger partial charge on any atom is -0.354 e. The van der Waals surface area contributed by atoms with Crippen molar-refractivity contribution in [3.8, 4) is 0 Å². The number of hydrogen-bond donors (Lipinski definition) is 3. The second kappa shape index (κ2) is 22.3. The van der Waals surface area contributed by atoms with Crippen LogP contribution < -0.4 is 14.7 Å². The van der Waals surface area contributed by atoms with Crippen molar-refractivity contribution in [1.82, 2.24) is 59.6 Å². The van der Waals surface area contributed by atoms with E-state index in [1.165, 1.54) is 36.8 Å². The van der Waals surface area contributed by atoms with Crippen LogP contribution in [0.3, 0.4) is 0 Å². The second-order valence-corrected chi connectivity index (χ2v) is 13.6. The van der Waals surface area contributed by atoms with Gasteiger partial charge in [-0.15, -0.1) is 0 Å². The number of H-pyrrole nitrogens is 3. The number of amides is 3. The zero-order valence-electron chi connectivity index (χ0n) is 76.2. The highest BCUT2D eigenvalue weighted by atomic mass is 16.2. The summed E-state index contributed by atoms with van der Waals surface area (Å²) >= 11 is 0. The van der Waals surface area contributed by atoms with Crippen LogP contribution in [0.25, 0.3) is 47.6 Å². The summed E-state index contributed by atoms with van der Waals surface area (Å²) in [6, 6.07) is -4.89. The lowest BCUT2D eigenvalue weighted by Crippen LogP contribution is -2.53. The predicted octanol–water partition coefficient (Wildman–Crippen LogP) is 4.65. The number of nitrogens with one attached hydrogen (secondary N) is 3. The van der Waals surface area contributed by atoms with Crippen LogP contribution in [0.4, 0.5) is 17.5 Å². The second-order valence-electron chi connectivity index (χ2n) is 13.6. The third-order valence-electron chi connectivity index (χ3n) is 9.38. The average molecular weight is 978 g/mol. The van der Waals surface area contributed by atoms with Crippen molar-refractivity contribution < 1.29 is 70.6 Å².